The molecule has 2 rings (SSSR count). The fraction of sp³-hybridized carbons (Fsp3) is 0.529. The topological polar surface area (TPSA) is 36.9 Å². The van der Waals surface area contributed by atoms with Crippen molar-refractivity contribution in [3.8, 4) is 0 Å². The quantitative estimate of drug-likeness (QED) is 0.680. The summed E-state index contributed by atoms with van der Waals surface area (Å²) in [5, 5.41) is 0. The van der Waals surface area contributed by atoms with Crippen LogP contribution in [0.3, 0.4) is 0 Å². The molecule has 0 heterocycles. The smallest absolute Gasteiger partial charge is 0.480 e. The zero-order valence-electron chi connectivity index (χ0n) is 14.0. The van der Waals surface area contributed by atoms with Crippen LogP contribution in [-0.2, 0) is 24.1 Å². The first-order chi connectivity index (χ1) is 10.7. The predicted molar refractivity (Wildman–Crippen MR) is 89.1 cm³/mol. The number of hydrogen-bond acceptors (Lipinski definition) is 4. The third-order valence-electron chi connectivity index (χ3n) is 3.61. The monoisotopic (exact) mass is 322 g/mol. The Hall–Kier alpha value is -1.14. The largest absolute Gasteiger partial charge is 0.749 e. The molecule has 0 bridgehead atoms. The first kappa shape index (κ1) is 17.2. The van der Waals surface area contributed by atoms with Crippen molar-refractivity contribution in [1.29, 1.82) is 0 Å². The number of rotatable bonds is 8. The van der Waals surface area contributed by atoms with Crippen LogP contribution in [0.15, 0.2) is 29.8 Å². The summed E-state index contributed by atoms with van der Waals surface area (Å²) in [5.74, 6) is 0.865. The minimum atomic E-state index is -3.15. The van der Waals surface area contributed by atoms with E-state index in [-0.39, 0.29) is 0 Å². The van der Waals surface area contributed by atoms with Gasteiger partial charge in [-0.25, -0.2) is 0 Å². The molecule has 0 unspecified atom stereocenters. The first-order valence-electron chi connectivity index (χ1n) is 8.04. The van der Waals surface area contributed by atoms with Gasteiger partial charge in [-0.2, -0.15) is 0 Å². The lowest BCUT2D eigenvalue weighted by atomic mass is 9.91. The van der Waals surface area contributed by atoms with Gasteiger partial charge in [0.1, 0.15) is 5.76 Å². The normalized spacial score (nSPS) is 14.9. The summed E-state index contributed by atoms with van der Waals surface area (Å²) in [4.78, 5) is 0. The van der Waals surface area contributed by atoms with E-state index in [4.69, 9.17) is 17.7 Å². The number of aryl methyl sites for hydroxylation is 1. The molecule has 0 fully saturated rings. The molecule has 1 aromatic rings. The molecule has 5 heteroatoms. The van der Waals surface area contributed by atoms with Crippen LogP contribution in [0.4, 0.5) is 0 Å². The van der Waals surface area contributed by atoms with Crippen LogP contribution in [-0.4, -0.2) is 28.9 Å². The van der Waals surface area contributed by atoms with E-state index in [1.807, 2.05) is 26.8 Å². The van der Waals surface area contributed by atoms with E-state index in [9.17, 15) is 0 Å². The van der Waals surface area contributed by atoms with Gasteiger partial charge in [-0.3, -0.25) is 0 Å². The van der Waals surface area contributed by atoms with Gasteiger partial charge in [0, 0.05) is 25.4 Å². The molecule has 0 atom stereocenters. The van der Waals surface area contributed by atoms with Crippen LogP contribution in [0.2, 0.25) is 0 Å². The third kappa shape index (κ3) is 3.79. The highest BCUT2D eigenvalue weighted by Crippen LogP contribution is 2.34. The molecule has 0 aromatic heterocycles. The van der Waals surface area contributed by atoms with Crippen molar-refractivity contribution >= 4 is 14.8 Å². The first-order valence-corrected chi connectivity index (χ1v) is 9.68. The van der Waals surface area contributed by atoms with E-state index >= 15 is 0 Å². The van der Waals surface area contributed by atoms with Gasteiger partial charge in [0.2, 0.25) is 0 Å². The Morgan fingerprint density at radius 1 is 0.909 bits per heavy atom. The van der Waals surface area contributed by atoms with Crippen molar-refractivity contribution in [3.05, 3.63) is 41.0 Å². The van der Waals surface area contributed by atoms with Crippen LogP contribution in [0.1, 0.15) is 45.2 Å². The van der Waals surface area contributed by atoms with E-state index in [1.54, 1.807) is 0 Å². The molecule has 0 spiro atoms. The molecule has 4 nitrogen and oxygen atoms in total. The molecule has 0 aliphatic heterocycles. The average Bonchev–Trinajstić information content (AvgIpc) is 2.51. The maximum absolute atomic E-state index is 6.29. The van der Waals surface area contributed by atoms with Crippen molar-refractivity contribution < 1.29 is 17.7 Å². The van der Waals surface area contributed by atoms with Gasteiger partial charge in [0.25, 0.3) is 0 Å². The van der Waals surface area contributed by atoms with Gasteiger partial charge in [-0.1, -0.05) is 24.3 Å². The summed E-state index contributed by atoms with van der Waals surface area (Å²) in [6.07, 6.45) is 2.03. The Balaban J connectivity index is 2.35. The molecule has 1 aliphatic carbocycles. The van der Waals surface area contributed by atoms with E-state index < -0.39 is 9.05 Å². The molecule has 0 amide bonds. The fourth-order valence-corrected chi connectivity index (χ4v) is 4.66. The summed E-state index contributed by atoms with van der Waals surface area (Å²) in [5.41, 5.74) is 3.65. The lowest BCUT2D eigenvalue weighted by molar-refractivity contribution is 0.000898. The van der Waals surface area contributed by atoms with Gasteiger partial charge in [-0.15, -0.1) is 0 Å². The molecule has 1 aliphatic rings. The second-order valence-corrected chi connectivity index (χ2v) is 7.24. The third-order valence-corrected chi connectivity index (χ3v) is 5.99. The molecule has 0 radical (unpaired) electrons. The Morgan fingerprint density at radius 3 is 2.09 bits per heavy atom. The molecule has 0 N–H and O–H groups in total. The highest BCUT2D eigenvalue weighted by molar-refractivity contribution is 6.54. The van der Waals surface area contributed by atoms with Gasteiger partial charge >= 0.3 is 9.05 Å². The SMILES string of the molecule is CCO[Si](OCC)(OCC)OC1=C(C)CCc2ccccc21. The maximum atomic E-state index is 6.29. The second kappa shape index (κ2) is 7.92. The lowest BCUT2D eigenvalue weighted by Gasteiger charge is -2.31. The highest BCUT2D eigenvalue weighted by Gasteiger charge is 2.49. The van der Waals surface area contributed by atoms with E-state index in [0.29, 0.717) is 19.8 Å². The lowest BCUT2D eigenvalue weighted by Crippen LogP contribution is -2.49. The second-order valence-electron chi connectivity index (χ2n) is 5.17. The van der Waals surface area contributed by atoms with E-state index in [2.05, 4.69) is 25.1 Å². The van der Waals surface area contributed by atoms with Crippen LogP contribution in [0.25, 0.3) is 5.76 Å². The highest BCUT2D eigenvalue weighted by atomic mass is 28.4. The van der Waals surface area contributed by atoms with E-state index in [0.717, 1.165) is 24.2 Å². The van der Waals surface area contributed by atoms with E-state index in [1.165, 1.54) is 11.1 Å². The van der Waals surface area contributed by atoms with Crippen LogP contribution >= 0.6 is 0 Å². The van der Waals surface area contributed by atoms with Crippen molar-refractivity contribution in [1.82, 2.24) is 0 Å². The number of hydrogen-bond donors (Lipinski definition) is 0. The number of fused-ring (bicyclic) bond motifs is 1. The van der Waals surface area contributed by atoms with Crippen LogP contribution < -0.4 is 0 Å². The fourth-order valence-electron chi connectivity index (χ4n) is 2.64. The molecular weight excluding hydrogens is 296 g/mol. The minimum absolute atomic E-state index is 0.500. The number of allylic oxidation sites excluding steroid dienone is 1. The minimum Gasteiger partial charge on any atom is -0.480 e. The van der Waals surface area contributed by atoms with Crippen molar-refractivity contribution in [3.63, 3.8) is 0 Å². The zero-order chi connectivity index (χ0) is 16.0. The molecule has 122 valence electrons. The standard InChI is InChI=1S/C17H26O4Si/c1-5-18-22(19-6-2,20-7-3)21-17-14(4)12-13-15-10-8-9-11-16(15)17/h8-11H,5-7,12-13H2,1-4H3. The Kier molecular flexibility index (Phi) is 6.20. The summed E-state index contributed by atoms with van der Waals surface area (Å²) < 4.78 is 23.7. The molecule has 22 heavy (non-hydrogen) atoms. The van der Waals surface area contributed by atoms with Crippen LogP contribution in [0, 0.1) is 0 Å². The molecule has 1 aromatic carbocycles. The van der Waals surface area contributed by atoms with Gasteiger partial charge < -0.3 is 17.7 Å². The molecule has 0 saturated carbocycles. The van der Waals surface area contributed by atoms with Crippen molar-refractivity contribution in [2.45, 2.75) is 40.5 Å². The maximum Gasteiger partial charge on any atom is 0.749 e. The van der Waals surface area contributed by atoms with Gasteiger partial charge in [-0.05, 0) is 51.7 Å². The van der Waals surface area contributed by atoms with Gasteiger partial charge in [0.05, 0.1) is 0 Å². The van der Waals surface area contributed by atoms with Crippen molar-refractivity contribution in [2.75, 3.05) is 19.8 Å². The Morgan fingerprint density at radius 2 is 1.50 bits per heavy atom. The summed E-state index contributed by atoms with van der Waals surface area (Å²) in [6, 6.07) is 8.34. The average molecular weight is 322 g/mol. The van der Waals surface area contributed by atoms with Gasteiger partial charge in [0.15, 0.2) is 0 Å². The summed E-state index contributed by atoms with van der Waals surface area (Å²) in [7, 11) is -3.15. The summed E-state index contributed by atoms with van der Waals surface area (Å²) >= 11 is 0. The predicted octanol–water partition coefficient (Wildman–Crippen LogP) is 3.93. The zero-order valence-corrected chi connectivity index (χ0v) is 15.0. The van der Waals surface area contributed by atoms with Crippen LogP contribution in [0.5, 0.6) is 0 Å². The summed E-state index contributed by atoms with van der Waals surface area (Å²) in [6.45, 7) is 9.40. The molecule has 0 saturated heterocycles. The molecular formula is C17H26O4Si. The number of benzene rings is 1. The Bertz CT molecular complexity index is 510. The Labute approximate surface area is 134 Å². The van der Waals surface area contributed by atoms with Crippen molar-refractivity contribution in [2.24, 2.45) is 0 Å².